The Morgan fingerprint density at radius 2 is 1.96 bits per heavy atom. The van der Waals surface area contributed by atoms with E-state index in [9.17, 15) is 4.79 Å². The lowest BCUT2D eigenvalue weighted by Crippen LogP contribution is -2.30. The Labute approximate surface area is 139 Å². The van der Waals surface area contributed by atoms with Crippen molar-refractivity contribution in [1.29, 1.82) is 0 Å². The molecule has 0 saturated carbocycles. The molecule has 1 atom stereocenters. The number of benzene rings is 2. The van der Waals surface area contributed by atoms with Gasteiger partial charge in [-0.25, -0.2) is 4.68 Å². The van der Waals surface area contributed by atoms with Crippen LogP contribution in [0.15, 0.2) is 54.9 Å². The Bertz CT molecular complexity index is 842. The van der Waals surface area contributed by atoms with Gasteiger partial charge in [0.15, 0.2) is 0 Å². The minimum absolute atomic E-state index is 0.0556. The van der Waals surface area contributed by atoms with Gasteiger partial charge in [0.25, 0.3) is 5.91 Å². The highest BCUT2D eigenvalue weighted by Gasteiger charge is 2.21. The molecule has 1 aliphatic carbocycles. The van der Waals surface area contributed by atoms with Crippen LogP contribution in [0.2, 0.25) is 0 Å². The van der Waals surface area contributed by atoms with Crippen molar-refractivity contribution in [3.63, 3.8) is 0 Å². The maximum Gasteiger partial charge on any atom is 0.251 e. The van der Waals surface area contributed by atoms with Gasteiger partial charge in [0, 0.05) is 5.56 Å². The second kappa shape index (κ2) is 6.23. The van der Waals surface area contributed by atoms with E-state index in [0.717, 1.165) is 24.9 Å². The number of hydrogen-bond acceptors (Lipinski definition) is 4. The van der Waals surface area contributed by atoms with Crippen molar-refractivity contribution in [1.82, 2.24) is 25.5 Å². The number of aromatic nitrogens is 4. The monoisotopic (exact) mass is 319 g/mol. The van der Waals surface area contributed by atoms with Crippen molar-refractivity contribution in [2.75, 3.05) is 0 Å². The smallest absolute Gasteiger partial charge is 0.251 e. The normalized spacial score (nSPS) is 16.4. The highest BCUT2D eigenvalue weighted by atomic mass is 16.1. The Kier molecular flexibility index (Phi) is 3.78. The van der Waals surface area contributed by atoms with E-state index in [0.29, 0.717) is 5.56 Å². The maximum atomic E-state index is 12.6. The zero-order valence-electron chi connectivity index (χ0n) is 13.1. The first kappa shape index (κ1) is 14.6. The molecule has 24 heavy (non-hydrogen) atoms. The van der Waals surface area contributed by atoms with Gasteiger partial charge in [-0.1, -0.05) is 24.3 Å². The molecule has 0 radical (unpaired) electrons. The molecule has 0 unspecified atom stereocenters. The first-order valence-corrected chi connectivity index (χ1v) is 8.03. The molecule has 3 aromatic rings. The fourth-order valence-electron chi connectivity index (χ4n) is 3.19. The van der Waals surface area contributed by atoms with E-state index in [1.807, 2.05) is 18.2 Å². The van der Waals surface area contributed by atoms with Crippen molar-refractivity contribution >= 4 is 5.91 Å². The largest absolute Gasteiger partial charge is 0.345 e. The van der Waals surface area contributed by atoms with E-state index in [1.165, 1.54) is 17.5 Å². The molecule has 6 heteroatoms. The Morgan fingerprint density at radius 1 is 1.12 bits per heavy atom. The van der Waals surface area contributed by atoms with Gasteiger partial charge >= 0.3 is 0 Å². The van der Waals surface area contributed by atoms with Crippen LogP contribution in [0.25, 0.3) is 5.69 Å². The molecule has 0 bridgehead atoms. The number of carbonyl (C=O) groups is 1. The predicted molar refractivity (Wildman–Crippen MR) is 88.7 cm³/mol. The fourth-order valence-corrected chi connectivity index (χ4v) is 3.19. The van der Waals surface area contributed by atoms with E-state index in [2.05, 4.69) is 39.0 Å². The second-order valence-electron chi connectivity index (χ2n) is 5.92. The van der Waals surface area contributed by atoms with Crippen LogP contribution in [0, 0.1) is 0 Å². The van der Waals surface area contributed by atoms with Crippen molar-refractivity contribution in [3.8, 4) is 5.69 Å². The summed E-state index contributed by atoms with van der Waals surface area (Å²) in [6, 6.07) is 15.7. The minimum Gasteiger partial charge on any atom is -0.345 e. The lowest BCUT2D eigenvalue weighted by Gasteiger charge is -2.26. The Hall–Kier alpha value is -3.02. The van der Waals surface area contributed by atoms with E-state index in [-0.39, 0.29) is 11.9 Å². The maximum absolute atomic E-state index is 12.6. The quantitative estimate of drug-likeness (QED) is 0.805. The molecule has 0 spiro atoms. The van der Waals surface area contributed by atoms with Crippen molar-refractivity contribution in [3.05, 3.63) is 71.5 Å². The minimum atomic E-state index is -0.0556. The summed E-state index contributed by atoms with van der Waals surface area (Å²) in [7, 11) is 0. The van der Waals surface area contributed by atoms with Crippen LogP contribution in [0.4, 0.5) is 0 Å². The van der Waals surface area contributed by atoms with Gasteiger partial charge in [-0.2, -0.15) is 0 Å². The topological polar surface area (TPSA) is 72.7 Å². The summed E-state index contributed by atoms with van der Waals surface area (Å²) in [4.78, 5) is 12.6. The third-order valence-electron chi connectivity index (χ3n) is 4.42. The average molecular weight is 319 g/mol. The van der Waals surface area contributed by atoms with E-state index >= 15 is 0 Å². The number of aryl methyl sites for hydroxylation is 1. The van der Waals surface area contributed by atoms with Crippen LogP contribution in [-0.4, -0.2) is 26.1 Å². The SMILES string of the molecule is O=C(N[C@H]1CCCc2ccccc21)c1ccc(-n2cnnn2)cc1. The molecule has 0 fully saturated rings. The first-order valence-electron chi connectivity index (χ1n) is 8.03. The van der Waals surface area contributed by atoms with Gasteiger partial charge in [0.1, 0.15) is 6.33 Å². The van der Waals surface area contributed by atoms with Gasteiger partial charge in [-0.15, -0.1) is 5.10 Å². The first-order chi connectivity index (χ1) is 11.8. The number of rotatable bonds is 3. The van der Waals surface area contributed by atoms with Crippen LogP contribution in [0.1, 0.15) is 40.4 Å². The molecule has 120 valence electrons. The van der Waals surface area contributed by atoms with E-state index < -0.39 is 0 Å². The molecule has 1 aliphatic rings. The molecule has 2 aromatic carbocycles. The van der Waals surface area contributed by atoms with Crippen LogP contribution in [-0.2, 0) is 6.42 Å². The summed E-state index contributed by atoms with van der Waals surface area (Å²) < 4.78 is 1.55. The van der Waals surface area contributed by atoms with Crippen molar-refractivity contribution < 1.29 is 4.79 Å². The van der Waals surface area contributed by atoms with Gasteiger partial charge in [-0.05, 0) is 65.1 Å². The summed E-state index contributed by atoms with van der Waals surface area (Å²) >= 11 is 0. The Morgan fingerprint density at radius 3 is 2.75 bits per heavy atom. The summed E-state index contributed by atoms with van der Waals surface area (Å²) in [5.74, 6) is -0.0556. The average Bonchev–Trinajstić information content (AvgIpc) is 3.17. The number of tetrazole rings is 1. The molecular weight excluding hydrogens is 302 g/mol. The Balaban J connectivity index is 1.51. The van der Waals surface area contributed by atoms with Crippen molar-refractivity contribution in [2.24, 2.45) is 0 Å². The molecular formula is C18H17N5O. The standard InChI is InChI=1S/C18H17N5O/c24-18(14-8-10-15(11-9-14)23-12-19-21-22-23)20-17-7-3-5-13-4-1-2-6-16(13)17/h1-2,4,6,8-12,17H,3,5,7H2,(H,20,24)/t17-/m0/s1. The molecule has 1 N–H and O–H groups in total. The van der Waals surface area contributed by atoms with Gasteiger partial charge in [-0.3, -0.25) is 4.79 Å². The third kappa shape index (κ3) is 2.78. The summed E-state index contributed by atoms with van der Waals surface area (Å²) in [5.41, 5.74) is 4.03. The predicted octanol–water partition coefficient (Wildman–Crippen LogP) is 2.47. The van der Waals surface area contributed by atoms with Crippen LogP contribution in [0.5, 0.6) is 0 Å². The van der Waals surface area contributed by atoms with E-state index in [1.54, 1.807) is 16.8 Å². The summed E-state index contributed by atoms with van der Waals surface area (Å²) in [6.07, 6.45) is 4.68. The highest BCUT2D eigenvalue weighted by molar-refractivity contribution is 5.94. The number of amides is 1. The number of hydrogen-bond donors (Lipinski definition) is 1. The molecule has 0 aliphatic heterocycles. The second-order valence-corrected chi connectivity index (χ2v) is 5.92. The number of fused-ring (bicyclic) bond motifs is 1. The highest BCUT2D eigenvalue weighted by Crippen LogP contribution is 2.29. The number of nitrogens with zero attached hydrogens (tertiary/aromatic N) is 4. The zero-order valence-corrected chi connectivity index (χ0v) is 13.1. The lowest BCUT2D eigenvalue weighted by atomic mass is 9.87. The fraction of sp³-hybridized carbons (Fsp3) is 0.222. The molecule has 4 rings (SSSR count). The number of nitrogens with one attached hydrogen (secondary N) is 1. The third-order valence-corrected chi connectivity index (χ3v) is 4.42. The molecule has 1 aromatic heterocycles. The molecule has 1 heterocycles. The van der Waals surface area contributed by atoms with Crippen LogP contribution >= 0.6 is 0 Å². The van der Waals surface area contributed by atoms with E-state index in [4.69, 9.17) is 0 Å². The molecule has 0 saturated heterocycles. The van der Waals surface area contributed by atoms with Crippen molar-refractivity contribution in [2.45, 2.75) is 25.3 Å². The number of carbonyl (C=O) groups excluding carboxylic acids is 1. The molecule has 6 nitrogen and oxygen atoms in total. The summed E-state index contributed by atoms with van der Waals surface area (Å²) in [5, 5.41) is 14.2. The van der Waals surface area contributed by atoms with Gasteiger partial charge in [0.05, 0.1) is 11.7 Å². The molecule has 1 amide bonds. The van der Waals surface area contributed by atoms with Gasteiger partial charge in [0.2, 0.25) is 0 Å². The van der Waals surface area contributed by atoms with Crippen LogP contribution in [0.3, 0.4) is 0 Å². The zero-order chi connectivity index (χ0) is 16.4. The van der Waals surface area contributed by atoms with Crippen LogP contribution < -0.4 is 5.32 Å². The lowest BCUT2D eigenvalue weighted by molar-refractivity contribution is 0.0933. The van der Waals surface area contributed by atoms with Gasteiger partial charge < -0.3 is 5.32 Å². The summed E-state index contributed by atoms with van der Waals surface area (Å²) in [6.45, 7) is 0.